The Kier molecular flexibility index (Phi) is 8.12. The number of halogens is 2. The Balaban J connectivity index is 1.40. The highest BCUT2D eigenvalue weighted by Crippen LogP contribution is 2.27. The van der Waals surface area contributed by atoms with Gasteiger partial charge in [-0.05, 0) is 54.4 Å². The minimum absolute atomic E-state index is 0.200. The number of benzene rings is 3. The zero-order chi connectivity index (χ0) is 21.2. The molecule has 0 saturated carbocycles. The molecule has 0 aromatic heterocycles. The number of hydrogen-bond donors (Lipinski definition) is 1. The van der Waals surface area contributed by atoms with Gasteiger partial charge in [0, 0.05) is 11.4 Å². The third kappa shape index (κ3) is 7.10. The molecule has 0 aliphatic heterocycles. The van der Waals surface area contributed by atoms with Gasteiger partial charge in [0.25, 0.3) is 0 Å². The van der Waals surface area contributed by atoms with E-state index < -0.39 is 0 Å². The van der Waals surface area contributed by atoms with Gasteiger partial charge in [0.2, 0.25) is 5.91 Å². The maximum atomic E-state index is 11.9. The van der Waals surface area contributed by atoms with Crippen molar-refractivity contribution in [2.24, 2.45) is 5.10 Å². The van der Waals surface area contributed by atoms with Crippen molar-refractivity contribution in [3.8, 4) is 17.2 Å². The lowest BCUT2D eigenvalue weighted by Crippen LogP contribution is -2.18. The number of hydrogen-bond acceptors (Lipinski definition) is 4. The minimum atomic E-state index is -0.200. The maximum Gasteiger partial charge on any atom is 0.240 e. The first-order valence-electron chi connectivity index (χ1n) is 9.33. The fourth-order valence-corrected chi connectivity index (χ4v) is 2.99. The Morgan fingerprint density at radius 2 is 1.77 bits per heavy atom. The number of hydrazone groups is 1. The monoisotopic (exact) mass is 442 g/mol. The van der Waals surface area contributed by atoms with Crippen LogP contribution < -0.4 is 14.9 Å². The summed E-state index contributed by atoms with van der Waals surface area (Å²) in [5, 5.41) is 4.98. The van der Waals surface area contributed by atoms with Crippen LogP contribution in [-0.4, -0.2) is 18.7 Å². The molecule has 0 aliphatic rings. The molecule has 0 fully saturated rings. The van der Waals surface area contributed by atoms with Gasteiger partial charge in [-0.25, -0.2) is 5.43 Å². The van der Waals surface area contributed by atoms with Gasteiger partial charge in [0.1, 0.15) is 17.2 Å². The Hall–Kier alpha value is -3.02. The molecule has 0 unspecified atom stereocenters. The van der Waals surface area contributed by atoms with E-state index in [1.54, 1.807) is 24.4 Å². The average Bonchev–Trinajstić information content (AvgIpc) is 2.73. The summed E-state index contributed by atoms with van der Waals surface area (Å²) in [6, 6.07) is 21.9. The number of ether oxygens (including phenoxy) is 2. The van der Waals surface area contributed by atoms with Gasteiger partial charge in [-0.3, -0.25) is 4.79 Å². The summed E-state index contributed by atoms with van der Waals surface area (Å²) in [5.74, 6) is 1.78. The fraction of sp³-hybridized carbons (Fsp3) is 0.130. The lowest BCUT2D eigenvalue weighted by molar-refractivity contribution is -0.121. The number of nitrogens with one attached hydrogen (secondary N) is 1. The van der Waals surface area contributed by atoms with Gasteiger partial charge in [0.15, 0.2) is 0 Å². The van der Waals surface area contributed by atoms with Crippen LogP contribution in [0.5, 0.6) is 17.2 Å². The van der Waals surface area contributed by atoms with Crippen molar-refractivity contribution in [2.75, 3.05) is 6.61 Å². The molecule has 0 spiro atoms. The topological polar surface area (TPSA) is 59.9 Å². The van der Waals surface area contributed by atoms with Gasteiger partial charge in [0.05, 0.1) is 17.8 Å². The maximum absolute atomic E-state index is 11.9. The van der Waals surface area contributed by atoms with Gasteiger partial charge < -0.3 is 9.47 Å². The molecule has 1 N–H and O–H groups in total. The molecule has 3 rings (SSSR count). The van der Waals surface area contributed by atoms with E-state index in [9.17, 15) is 4.79 Å². The summed E-state index contributed by atoms with van der Waals surface area (Å²) in [5.41, 5.74) is 3.32. The van der Waals surface area contributed by atoms with Crippen LogP contribution in [0.25, 0.3) is 0 Å². The Bertz CT molecular complexity index is 1010. The van der Waals surface area contributed by atoms with Crippen molar-refractivity contribution in [1.82, 2.24) is 5.43 Å². The zero-order valence-electron chi connectivity index (χ0n) is 16.1. The van der Waals surface area contributed by atoms with E-state index >= 15 is 0 Å². The average molecular weight is 443 g/mol. The second-order valence-electron chi connectivity index (χ2n) is 6.31. The van der Waals surface area contributed by atoms with Gasteiger partial charge >= 0.3 is 0 Å². The predicted octanol–water partition coefficient (Wildman–Crippen LogP) is 6.10. The smallest absolute Gasteiger partial charge is 0.240 e. The highest BCUT2D eigenvalue weighted by Gasteiger charge is 2.04. The number of para-hydroxylation sites is 1. The van der Waals surface area contributed by atoms with E-state index in [1.807, 2.05) is 54.6 Å². The quantitative estimate of drug-likeness (QED) is 0.247. The standard InChI is InChI=1S/C23H20Cl2N2O3/c24-18-11-12-22(21(25)15-18)29-13-5-10-23(28)27-26-16-17-6-4-9-20(14-17)30-19-7-2-1-3-8-19/h1-4,6-9,11-12,14-16H,5,10,13H2,(H,27,28). The number of rotatable bonds is 9. The second kappa shape index (κ2) is 11.2. The molecule has 5 nitrogen and oxygen atoms in total. The van der Waals surface area contributed by atoms with Crippen LogP contribution in [0.15, 0.2) is 77.9 Å². The molecule has 0 saturated heterocycles. The van der Waals surface area contributed by atoms with Crippen LogP contribution in [0.2, 0.25) is 10.0 Å². The van der Waals surface area contributed by atoms with E-state index in [0.717, 1.165) is 11.3 Å². The summed E-state index contributed by atoms with van der Waals surface area (Å²) < 4.78 is 11.3. The Morgan fingerprint density at radius 3 is 2.57 bits per heavy atom. The van der Waals surface area contributed by atoms with Crippen molar-refractivity contribution in [3.05, 3.63) is 88.4 Å². The lowest BCUT2D eigenvalue weighted by atomic mass is 10.2. The molecular weight excluding hydrogens is 423 g/mol. The van der Waals surface area contributed by atoms with E-state index in [-0.39, 0.29) is 12.3 Å². The van der Waals surface area contributed by atoms with E-state index in [0.29, 0.717) is 34.6 Å². The minimum Gasteiger partial charge on any atom is -0.492 e. The Labute approximate surface area is 185 Å². The first kappa shape index (κ1) is 21.7. The third-order valence-corrected chi connectivity index (χ3v) is 4.47. The highest BCUT2D eigenvalue weighted by molar-refractivity contribution is 6.35. The molecule has 3 aromatic carbocycles. The number of nitrogens with zero attached hydrogens (tertiary/aromatic N) is 1. The van der Waals surface area contributed by atoms with E-state index in [4.69, 9.17) is 32.7 Å². The van der Waals surface area contributed by atoms with Crippen LogP contribution in [0, 0.1) is 0 Å². The summed E-state index contributed by atoms with van der Waals surface area (Å²) in [6.07, 6.45) is 2.38. The number of carbonyl (C=O) groups excluding carboxylic acids is 1. The van der Waals surface area contributed by atoms with Crippen molar-refractivity contribution < 1.29 is 14.3 Å². The van der Waals surface area contributed by atoms with Crippen molar-refractivity contribution in [3.63, 3.8) is 0 Å². The van der Waals surface area contributed by atoms with Crippen LogP contribution >= 0.6 is 23.2 Å². The molecule has 7 heteroatoms. The molecular formula is C23H20Cl2N2O3. The van der Waals surface area contributed by atoms with Crippen LogP contribution in [0.4, 0.5) is 0 Å². The normalized spacial score (nSPS) is 10.7. The highest BCUT2D eigenvalue weighted by atomic mass is 35.5. The van der Waals surface area contributed by atoms with Gasteiger partial charge in [-0.1, -0.05) is 53.5 Å². The summed E-state index contributed by atoms with van der Waals surface area (Å²) in [6.45, 7) is 0.358. The van der Waals surface area contributed by atoms with Crippen LogP contribution in [-0.2, 0) is 4.79 Å². The number of amides is 1. The zero-order valence-corrected chi connectivity index (χ0v) is 17.6. The molecule has 3 aromatic rings. The van der Waals surface area contributed by atoms with E-state index in [1.165, 1.54) is 0 Å². The van der Waals surface area contributed by atoms with Gasteiger partial charge in [-0.2, -0.15) is 5.10 Å². The summed E-state index contributed by atoms with van der Waals surface area (Å²) in [7, 11) is 0. The molecule has 0 radical (unpaired) electrons. The van der Waals surface area contributed by atoms with Crippen LogP contribution in [0.3, 0.4) is 0 Å². The van der Waals surface area contributed by atoms with Gasteiger partial charge in [-0.15, -0.1) is 0 Å². The van der Waals surface area contributed by atoms with Crippen molar-refractivity contribution in [2.45, 2.75) is 12.8 Å². The van der Waals surface area contributed by atoms with E-state index in [2.05, 4.69) is 10.5 Å². The molecule has 0 bridgehead atoms. The largest absolute Gasteiger partial charge is 0.492 e. The molecule has 0 heterocycles. The molecule has 30 heavy (non-hydrogen) atoms. The molecule has 0 atom stereocenters. The van der Waals surface area contributed by atoms with Crippen LogP contribution in [0.1, 0.15) is 18.4 Å². The van der Waals surface area contributed by atoms with Crippen molar-refractivity contribution >= 4 is 35.3 Å². The summed E-state index contributed by atoms with van der Waals surface area (Å²) >= 11 is 11.9. The third-order valence-electron chi connectivity index (χ3n) is 3.94. The number of carbonyl (C=O) groups is 1. The molecule has 1 amide bonds. The first-order valence-corrected chi connectivity index (χ1v) is 10.1. The SMILES string of the molecule is O=C(CCCOc1ccc(Cl)cc1Cl)NN=Cc1cccc(Oc2ccccc2)c1. The lowest BCUT2D eigenvalue weighted by Gasteiger charge is -2.07. The fourth-order valence-electron chi connectivity index (χ4n) is 2.52. The summed E-state index contributed by atoms with van der Waals surface area (Å²) in [4.78, 5) is 11.9. The predicted molar refractivity (Wildman–Crippen MR) is 120 cm³/mol. The second-order valence-corrected chi connectivity index (χ2v) is 7.15. The first-order chi connectivity index (χ1) is 14.6. The molecule has 0 aliphatic carbocycles. The van der Waals surface area contributed by atoms with Crippen molar-refractivity contribution in [1.29, 1.82) is 0 Å². The Morgan fingerprint density at radius 1 is 0.967 bits per heavy atom. The molecule has 154 valence electrons.